The second-order valence-corrected chi connectivity index (χ2v) is 14.1. The molecule has 0 saturated heterocycles. The number of aromatic nitrogens is 2. The SMILES string of the molecule is CC12CCC(C)(CC1)c1cc3c(cc12)B1c2c-3cccc2-n2c(-c3ccccc3)nc3c4oc5ccccc5c4cc1c32. The summed E-state index contributed by atoms with van der Waals surface area (Å²) in [5.41, 5.74) is 17.2. The Bertz CT molecular complexity index is 2390. The quantitative estimate of drug-likeness (QED) is 0.198. The van der Waals surface area contributed by atoms with E-state index in [0.717, 1.165) is 38.8 Å². The molecule has 43 heavy (non-hydrogen) atoms. The minimum atomic E-state index is 0.178. The fraction of sp³-hybridized carbons (Fsp3) is 0.205. The summed E-state index contributed by atoms with van der Waals surface area (Å²) in [5, 5.41) is 2.32. The van der Waals surface area contributed by atoms with Gasteiger partial charge in [-0.3, -0.25) is 4.57 Å². The van der Waals surface area contributed by atoms with Crippen molar-refractivity contribution in [1.29, 1.82) is 0 Å². The van der Waals surface area contributed by atoms with E-state index in [1.54, 1.807) is 11.1 Å². The van der Waals surface area contributed by atoms with Gasteiger partial charge in [0.05, 0.1) is 5.52 Å². The number of fused-ring (bicyclic) bond motifs is 11. The van der Waals surface area contributed by atoms with Crippen LogP contribution in [0.4, 0.5) is 0 Å². The second kappa shape index (κ2) is 7.31. The van der Waals surface area contributed by atoms with Crippen molar-refractivity contribution >= 4 is 56.1 Å². The first-order chi connectivity index (χ1) is 21.0. The van der Waals surface area contributed by atoms with Crippen LogP contribution < -0.4 is 16.4 Å². The predicted octanol–water partition coefficient (Wildman–Crippen LogP) is 7.50. The van der Waals surface area contributed by atoms with E-state index in [4.69, 9.17) is 9.40 Å². The highest BCUT2D eigenvalue weighted by atomic mass is 16.3. The first-order valence-electron chi connectivity index (χ1n) is 15.8. The average molecular weight is 552 g/mol. The lowest BCUT2D eigenvalue weighted by Crippen LogP contribution is -2.54. The standard InChI is InChI=1S/C39H29BN2O/c1-38-15-17-39(2,18-16-38)28-21-29-25(19-27(28)38)24-12-8-13-31-33(24)40(29)30-20-26-23-11-6-7-14-32(23)43-36(26)34-35(30)42(31)37(41-34)22-9-4-3-5-10-22/h3-14,19-21H,15-18H2,1-2H3. The number of rotatable bonds is 1. The number of furan rings is 1. The molecule has 4 heteroatoms. The van der Waals surface area contributed by atoms with Gasteiger partial charge in [-0.1, -0.05) is 98.2 Å². The molecule has 3 aliphatic carbocycles. The third-order valence-electron chi connectivity index (χ3n) is 11.8. The summed E-state index contributed by atoms with van der Waals surface area (Å²) < 4.78 is 9.02. The van der Waals surface area contributed by atoms with Gasteiger partial charge >= 0.3 is 0 Å². The van der Waals surface area contributed by atoms with Gasteiger partial charge in [0, 0.05) is 22.0 Å². The molecule has 3 nitrogen and oxygen atoms in total. The van der Waals surface area contributed by atoms with Crippen molar-refractivity contribution in [2.45, 2.75) is 50.4 Å². The second-order valence-electron chi connectivity index (χ2n) is 14.1. The van der Waals surface area contributed by atoms with Crippen molar-refractivity contribution in [3.8, 4) is 28.2 Å². The molecule has 0 unspecified atom stereocenters. The van der Waals surface area contributed by atoms with Gasteiger partial charge in [-0.25, -0.2) is 4.98 Å². The van der Waals surface area contributed by atoms with E-state index in [9.17, 15) is 0 Å². The van der Waals surface area contributed by atoms with Crippen LogP contribution in [-0.4, -0.2) is 16.3 Å². The van der Waals surface area contributed by atoms with Crippen molar-refractivity contribution in [2.24, 2.45) is 0 Å². The van der Waals surface area contributed by atoms with Crippen LogP contribution in [0.3, 0.4) is 0 Å². The predicted molar refractivity (Wildman–Crippen MR) is 177 cm³/mol. The van der Waals surface area contributed by atoms with Crippen molar-refractivity contribution in [3.63, 3.8) is 0 Å². The van der Waals surface area contributed by atoms with Crippen LogP contribution in [0.15, 0.2) is 95.4 Å². The summed E-state index contributed by atoms with van der Waals surface area (Å²) in [7, 11) is 0. The van der Waals surface area contributed by atoms with Gasteiger partial charge in [-0.05, 0) is 81.8 Å². The van der Waals surface area contributed by atoms with Crippen LogP contribution in [0.1, 0.15) is 50.7 Å². The molecule has 12 rings (SSSR count). The summed E-state index contributed by atoms with van der Waals surface area (Å²) >= 11 is 0. The fourth-order valence-corrected chi connectivity index (χ4v) is 9.43. The van der Waals surface area contributed by atoms with Gasteiger partial charge < -0.3 is 4.42 Å². The monoisotopic (exact) mass is 552 g/mol. The molecule has 7 aromatic rings. The number of benzene rings is 5. The zero-order chi connectivity index (χ0) is 28.2. The van der Waals surface area contributed by atoms with E-state index in [1.165, 1.54) is 64.4 Å². The zero-order valence-electron chi connectivity index (χ0n) is 24.4. The lowest BCUT2D eigenvalue weighted by Gasteiger charge is -2.52. The maximum atomic E-state index is 6.59. The highest BCUT2D eigenvalue weighted by Gasteiger charge is 2.50. The number of nitrogens with zero attached hydrogens (tertiary/aromatic N) is 2. The van der Waals surface area contributed by atoms with Crippen LogP contribution in [0.5, 0.6) is 0 Å². The molecular weight excluding hydrogens is 523 g/mol. The summed E-state index contributed by atoms with van der Waals surface area (Å²) in [6, 6.07) is 33.7. The summed E-state index contributed by atoms with van der Waals surface area (Å²) in [5.74, 6) is 0.977. The van der Waals surface area contributed by atoms with Crippen LogP contribution in [0.25, 0.3) is 61.2 Å². The summed E-state index contributed by atoms with van der Waals surface area (Å²) in [6.07, 6.45) is 5.19. The minimum absolute atomic E-state index is 0.178. The van der Waals surface area contributed by atoms with Gasteiger partial charge in [0.25, 0.3) is 0 Å². The molecule has 1 saturated carbocycles. The zero-order valence-corrected chi connectivity index (χ0v) is 24.4. The maximum absolute atomic E-state index is 6.59. The topological polar surface area (TPSA) is 31.0 Å². The Kier molecular flexibility index (Phi) is 3.90. The smallest absolute Gasteiger partial charge is 0.248 e. The highest BCUT2D eigenvalue weighted by Crippen LogP contribution is 2.57. The summed E-state index contributed by atoms with van der Waals surface area (Å²) in [6.45, 7) is 5.22. The van der Waals surface area contributed by atoms with E-state index in [1.807, 2.05) is 0 Å². The lowest BCUT2D eigenvalue weighted by atomic mass is 9.37. The molecule has 2 aromatic heterocycles. The van der Waals surface area contributed by atoms with Crippen molar-refractivity contribution in [3.05, 3.63) is 102 Å². The number of hydrogen-bond donors (Lipinski definition) is 0. The van der Waals surface area contributed by atoms with Gasteiger partial charge in [0.2, 0.25) is 6.71 Å². The minimum Gasteiger partial charge on any atom is -0.454 e. The molecule has 0 atom stereocenters. The Balaban J connectivity index is 1.31. The lowest BCUT2D eigenvalue weighted by molar-refractivity contribution is 0.188. The van der Waals surface area contributed by atoms with E-state index >= 15 is 0 Å². The molecule has 2 aliphatic heterocycles. The number of para-hydroxylation sites is 1. The molecule has 0 radical (unpaired) electrons. The molecule has 5 aliphatic rings. The molecular formula is C39H29BN2O. The third-order valence-corrected chi connectivity index (χ3v) is 11.8. The van der Waals surface area contributed by atoms with Crippen LogP contribution in [-0.2, 0) is 10.8 Å². The molecule has 1 fully saturated rings. The molecule has 5 aromatic carbocycles. The average Bonchev–Trinajstić information content (AvgIpc) is 3.72. The molecule has 204 valence electrons. The Morgan fingerprint density at radius 2 is 1.47 bits per heavy atom. The van der Waals surface area contributed by atoms with Crippen molar-refractivity contribution in [2.75, 3.05) is 0 Å². The molecule has 2 bridgehead atoms. The third kappa shape index (κ3) is 2.60. The van der Waals surface area contributed by atoms with E-state index in [2.05, 4.69) is 109 Å². The Morgan fingerprint density at radius 3 is 2.28 bits per heavy atom. The van der Waals surface area contributed by atoms with Gasteiger partial charge in [-0.15, -0.1) is 0 Å². The van der Waals surface area contributed by atoms with Crippen LogP contribution in [0, 0.1) is 0 Å². The first-order valence-corrected chi connectivity index (χ1v) is 15.8. The molecule has 0 spiro atoms. The fourth-order valence-electron chi connectivity index (χ4n) is 9.43. The molecule has 4 heterocycles. The van der Waals surface area contributed by atoms with Crippen molar-refractivity contribution < 1.29 is 4.42 Å². The van der Waals surface area contributed by atoms with Crippen molar-refractivity contribution in [1.82, 2.24) is 9.55 Å². The molecule has 0 amide bonds. The molecule has 0 N–H and O–H groups in total. The van der Waals surface area contributed by atoms with E-state index in [0.29, 0.717) is 0 Å². The largest absolute Gasteiger partial charge is 0.454 e. The Morgan fingerprint density at radius 1 is 0.721 bits per heavy atom. The number of imidazole rings is 1. The maximum Gasteiger partial charge on any atom is 0.248 e. The van der Waals surface area contributed by atoms with E-state index < -0.39 is 0 Å². The Labute approximate surface area is 250 Å². The van der Waals surface area contributed by atoms with Gasteiger partial charge in [-0.2, -0.15) is 0 Å². The van der Waals surface area contributed by atoms with Gasteiger partial charge in [0.1, 0.15) is 16.9 Å². The first kappa shape index (κ1) is 23.0. The Hall–Kier alpha value is -4.57. The van der Waals surface area contributed by atoms with E-state index in [-0.39, 0.29) is 17.5 Å². The highest BCUT2D eigenvalue weighted by molar-refractivity contribution is 7.01. The van der Waals surface area contributed by atoms with Crippen LogP contribution in [0.2, 0.25) is 0 Å². The van der Waals surface area contributed by atoms with Crippen LogP contribution >= 0.6 is 0 Å². The number of hydrogen-bond acceptors (Lipinski definition) is 2. The van der Waals surface area contributed by atoms with Gasteiger partial charge in [0.15, 0.2) is 5.58 Å². The normalized spacial score (nSPS) is 22.4. The summed E-state index contributed by atoms with van der Waals surface area (Å²) in [4.78, 5) is 5.41.